The molecule has 0 saturated carbocycles. The molecular weight excluding hydrogens is 398 g/mol. The van der Waals surface area contributed by atoms with Crippen LogP contribution in [0.4, 0.5) is 0 Å². The van der Waals surface area contributed by atoms with E-state index in [9.17, 15) is 24.3 Å². The van der Waals surface area contributed by atoms with E-state index in [0.717, 1.165) is 0 Å². The van der Waals surface area contributed by atoms with Crippen molar-refractivity contribution in [2.24, 2.45) is 0 Å². The second-order valence-electron chi connectivity index (χ2n) is 7.13. The number of amides is 1. The molecule has 10 nitrogen and oxygen atoms in total. The maximum absolute atomic E-state index is 12.2. The number of ether oxygens (including phenoxy) is 4. The van der Waals surface area contributed by atoms with E-state index in [4.69, 9.17) is 18.9 Å². The lowest BCUT2D eigenvalue weighted by Gasteiger charge is -2.43. The van der Waals surface area contributed by atoms with E-state index in [1.165, 1.54) is 6.92 Å². The third-order valence-electron chi connectivity index (χ3n) is 4.34. The van der Waals surface area contributed by atoms with Crippen LogP contribution in [-0.4, -0.2) is 66.2 Å². The van der Waals surface area contributed by atoms with Gasteiger partial charge in [0, 0.05) is 26.2 Å². The summed E-state index contributed by atoms with van der Waals surface area (Å²) in [7, 11) is 0. The Hall–Kier alpha value is -2.20. The Labute approximate surface area is 176 Å². The molecular formula is C20H33NO9. The average molecular weight is 431 g/mol. The van der Waals surface area contributed by atoms with Crippen LogP contribution in [0.1, 0.15) is 66.2 Å². The van der Waals surface area contributed by atoms with Gasteiger partial charge >= 0.3 is 17.9 Å². The molecule has 1 fully saturated rings. The van der Waals surface area contributed by atoms with Gasteiger partial charge in [0.05, 0.1) is 0 Å². The molecule has 1 rings (SSSR count). The molecule has 0 radical (unpaired) electrons. The molecule has 2 N–H and O–H groups in total. The minimum absolute atomic E-state index is 0.103. The van der Waals surface area contributed by atoms with E-state index >= 15 is 0 Å². The summed E-state index contributed by atoms with van der Waals surface area (Å²) < 4.78 is 21.6. The number of aliphatic hydroxyl groups is 1. The fourth-order valence-electron chi connectivity index (χ4n) is 3.01. The summed E-state index contributed by atoms with van der Waals surface area (Å²) in [4.78, 5) is 47.8. The lowest BCUT2D eigenvalue weighted by Crippen LogP contribution is -2.66. The van der Waals surface area contributed by atoms with Crippen molar-refractivity contribution in [2.45, 2.75) is 96.9 Å². The molecule has 5 atom stereocenters. The van der Waals surface area contributed by atoms with E-state index in [-0.39, 0.29) is 25.9 Å². The van der Waals surface area contributed by atoms with E-state index in [2.05, 4.69) is 5.32 Å². The summed E-state index contributed by atoms with van der Waals surface area (Å²) in [5.41, 5.74) is 0. The van der Waals surface area contributed by atoms with Gasteiger partial charge in [-0.25, -0.2) is 0 Å². The summed E-state index contributed by atoms with van der Waals surface area (Å²) in [6, 6.07) is -1.16. The average Bonchev–Trinajstić information content (AvgIpc) is 2.65. The van der Waals surface area contributed by atoms with Crippen molar-refractivity contribution in [3.63, 3.8) is 0 Å². The highest BCUT2D eigenvalue weighted by Crippen LogP contribution is 2.27. The van der Waals surface area contributed by atoms with Crippen molar-refractivity contribution < 1.29 is 43.2 Å². The maximum Gasteiger partial charge on any atom is 0.306 e. The highest BCUT2D eigenvalue weighted by atomic mass is 16.7. The predicted molar refractivity (Wildman–Crippen MR) is 104 cm³/mol. The van der Waals surface area contributed by atoms with Crippen molar-refractivity contribution >= 4 is 23.8 Å². The Morgan fingerprint density at radius 3 is 1.87 bits per heavy atom. The van der Waals surface area contributed by atoms with Crippen molar-refractivity contribution in [1.82, 2.24) is 5.32 Å². The minimum Gasteiger partial charge on any atom is -0.463 e. The van der Waals surface area contributed by atoms with Crippen LogP contribution in [0.2, 0.25) is 0 Å². The van der Waals surface area contributed by atoms with E-state index in [1.54, 1.807) is 13.8 Å². The fraction of sp³-hybridized carbons (Fsp3) is 0.800. The number of esters is 3. The van der Waals surface area contributed by atoms with Crippen LogP contribution in [0, 0.1) is 0 Å². The van der Waals surface area contributed by atoms with Crippen LogP contribution in [0.15, 0.2) is 0 Å². The monoisotopic (exact) mass is 431 g/mol. The van der Waals surface area contributed by atoms with Gasteiger partial charge in [0.1, 0.15) is 18.8 Å². The predicted octanol–water partition coefficient (Wildman–Crippen LogP) is 0.975. The first-order valence-corrected chi connectivity index (χ1v) is 10.4. The quantitative estimate of drug-likeness (QED) is 0.362. The van der Waals surface area contributed by atoms with Gasteiger partial charge in [-0.15, -0.1) is 0 Å². The maximum atomic E-state index is 12.2. The third kappa shape index (κ3) is 8.27. The molecule has 10 heteroatoms. The van der Waals surface area contributed by atoms with E-state index < -0.39 is 54.5 Å². The largest absolute Gasteiger partial charge is 0.463 e. The first kappa shape index (κ1) is 25.8. The standard InChI is InChI=1S/C20H33NO9/c1-5-8-14(23)27-11-13-18(29-15(24)9-6-2)19(30-16(25)10-7-3)17(20(26)28-13)21-12(4)22/h13,17-20,26H,5-11H2,1-4H3,(H,21,22)/t13-,17-,18-,19-,20?/m0/s1. The van der Waals surface area contributed by atoms with Gasteiger partial charge in [-0.3, -0.25) is 19.2 Å². The molecule has 0 aromatic carbocycles. The molecule has 1 amide bonds. The molecule has 0 bridgehead atoms. The summed E-state index contributed by atoms with van der Waals surface area (Å²) in [5.74, 6) is -2.11. The molecule has 1 aliphatic rings. The molecule has 0 aromatic heterocycles. The van der Waals surface area contributed by atoms with Crippen LogP contribution < -0.4 is 5.32 Å². The van der Waals surface area contributed by atoms with E-state index in [1.807, 2.05) is 6.92 Å². The number of carbonyl (C=O) groups is 4. The fourth-order valence-corrected chi connectivity index (χ4v) is 3.01. The van der Waals surface area contributed by atoms with Crippen LogP contribution in [0.25, 0.3) is 0 Å². The Morgan fingerprint density at radius 2 is 1.37 bits per heavy atom. The van der Waals surface area contributed by atoms with Gasteiger partial charge < -0.3 is 29.4 Å². The first-order chi connectivity index (χ1) is 14.2. The van der Waals surface area contributed by atoms with Crippen molar-refractivity contribution in [3.05, 3.63) is 0 Å². The number of rotatable bonds is 11. The molecule has 1 saturated heterocycles. The van der Waals surface area contributed by atoms with Crippen molar-refractivity contribution in [2.75, 3.05) is 6.61 Å². The normalized spacial score (nSPS) is 25.8. The molecule has 1 aliphatic heterocycles. The topological polar surface area (TPSA) is 137 Å². The van der Waals surface area contributed by atoms with Crippen molar-refractivity contribution in [1.29, 1.82) is 0 Å². The Morgan fingerprint density at radius 1 is 0.867 bits per heavy atom. The van der Waals surface area contributed by atoms with Gasteiger partial charge in [-0.05, 0) is 19.3 Å². The van der Waals surface area contributed by atoms with Crippen LogP contribution in [0.5, 0.6) is 0 Å². The van der Waals surface area contributed by atoms with Crippen LogP contribution in [-0.2, 0) is 38.1 Å². The van der Waals surface area contributed by atoms with Gasteiger partial charge in [0.25, 0.3) is 0 Å². The Kier molecular flexibility index (Phi) is 11.3. The molecule has 0 spiro atoms. The number of carbonyl (C=O) groups excluding carboxylic acids is 4. The van der Waals surface area contributed by atoms with Gasteiger partial charge in [-0.2, -0.15) is 0 Å². The zero-order chi connectivity index (χ0) is 22.7. The Balaban J connectivity index is 3.15. The van der Waals surface area contributed by atoms with Gasteiger partial charge in [0.2, 0.25) is 5.91 Å². The zero-order valence-corrected chi connectivity index (χ0v) is 18.0. The smallest absolute Gasteiger partial charge is 0.306 e. The number of hydrogen-bond acceptors (Lipinski definition) is 9. The molecule has 0 aliphatic carbocycles. The van der Waals surface area contributed by atoms with E-state index in [0.29, 0.717) is 19.3 Å². The molecule has 0 aromatic rings. The molecule has 172 valence electrons. The lowest BCUT2D eigenvalue weighted by molar-refractivity contribution is -0.265. The van der Waals surface area contributed by atoms with Gasteiger partial charge in [0.15, 0.2) is 18.5 Å². The lowest BCUT2D eigenvalue weighted by atomic mass is 9.96. The van der Waals surface area contributed by atoms with Crippen LogP contribution >= 0.6 is 0 Å². The molecule has 1 unspecified atom stereocenters. The number of nitrogens with one attached hydrogen (secondary N) is 1. The molecule has 1 heterocycles. The SMILES string of the molecule is CCCC(=O)OC[C@@H]1OC(O)[C@@H](NC(C)=O)[C@H](OC(=O)CCC)[C@H]1OC(=O)CCC. The second-order valence-corrected chi connectivity index (χ2v) is 7.13. The summed E-state index contributed by atoms with van der Waals surface area (Å²) in [6.45, 7) is 6.33. The summed E-state index contributed by atoms with van der Waals surface area (Å²) in [6.07, 6.45) is -2.99. The molecule has 30 heavy (non-hydrogen) atoms. The minimum atomic E-state index is -1.57. The van der Waals surface area contributed by atoms with Crippen LogP contribution in [0.3, 0.4) is 0 Å². The Bertz CT molecular complexity index is 595. The van der Waals surface area contributed by atoms with Gasteiger partial charge in [-0.1, -0.05) is 20.8 Å². The number of aliphatic hydroxyl groups excluding tert-OH is 1. The highest BCUT2D eigenvalue weighted by Gasteiger charge is 2.50. The summed E-state index contributed by atoms with van der Waals surface area (Å²) in [5, 5.41) is 12.9. The first-order valence-electron chi connectivity index (χ1n) is 10.4. The number of hydrogen-bond donors (Lipinski definition) is 2. The van der Waals surface area contributed by atoms with Crippen molar-refractivity contribution in [3.8, 4) is 0 Å². The zero-order valence-electron chi connectivity index (χ0n) is 18.0. The third-order valence-corrected chi connectivity index (χ3v) is 4.34. The second kappa shape index (κ2) is 13.2. The summed E-state index contributed by atoms with van der Waals surface area (Å²) >= 11 is 0. The highest BCUT2D eigenvalue weighted by molar-refractivity contribution is 5.74.